The van der Waals surface area contributed by atoms with E-state index in [-0.39, 0.29) is 11.7 Å². The summed E-state index contributed by atoms with van der Waals surface area (Å²) in [5, 5.41) is 15.2. The minimum atomic E-state index is -1.05. The third-order valence-corrected chi connectivity index (χ3v) is 3.47. The summed E-state index contributed by atoms with van der Waals surface area (Å²) >= 11 is 1.33. The van der Waals surface area contributed by atoms with Gasteiger partial charge in [-0.1, -0.05) is 18.5 Å². The average molecular weight is 301 g/mol. The Bertz CT molecular complexity index is 450. The van der Waals surface area contributed by atoms with Crippen molar-refractivity contribution in [1.82, 2.24) is 15.5 Å². The van der Waals surface area contributed by atoms with Crippen LogP contribution in [-0.2, 0) is 21.8 Å². The van der Waals surface area contributed by atoms with Gasteiger partial charge in [0.25, 0.3) is 0 Å². The van der Waals surface area contributed by atoms with Gasteiger partial charge in [-0.25, -0.2) is 4.79 Å². The summed E-state index contributed by atoms with van der Waals surface area (Å²) in [4.78, 5) is 26.0. The zero-order chi connectivity index (χ0) is 15.0. The number of carboxylic acids is 1. The molecule has 0 saturated carbocycles. The van der Waals surface area contributed by atoms with Crippen molar-refractivity contribution in [3.05, 3.63) is 11.7 Å². The van der Waals surface area contributed by atoms with E-state index in [2.05, 4.69) is 22.4 Å². The molecule has 1 aromatic heterocycles. The van der Waals surface area contributed by atoms with Gasteiger partial charge in [-0.15, -0.1) is 11.8 Å². The SMILES string of the molecule is CCCCc1noc(CSC[C@H](NC(C)=O)C(=O)O)n1. The van der Waals surface area contributed by atoms with Crippen molar-refractivity contribution < 1.29 is 19.2 Å². The Labute approximate surface area is 121 Å². The molecule has 0 unspecified atom stereocenters. The molecule has 1 aromatic rings. The molecule has 0 aromatic carbocycles. The number of nitrogens with one attached hydrogen (secondary N) is 1. The first-order valence-corrected chi connectivity index (χ1v) is 7.57. The molecule has 2 N–H and O–H groups in total. The lowest BCUT2D eigenvalue weighted by molar-refractivity contribution is -0.140. The van der Waals surface area contributed by atoms with Gasteiger partial charge >= 0.3 is 5.97 Å². The molecule has 0 aliphatic heterocycles. The first-order chi connectivity index (χ1) is 9.52. The summed E-state index contributed by atoms with van der Waals surface area (Å²) < 4.78 is 5.07. The van der Waals surface area contributed by atoms with Gasteiger partial charge in [-0.3, -0.25) is 4.79 Å². The maximum atomic E-state index is 10.9. The van der Waals surface area contributed by atoms with Gasteiger partial charge in [0, 0.05) is 19.1 Å². The summed E-state index contributed by atoms with van der Waals surface area (Å²) in [6.07, 6.45) is 2.86. The summed E-state index contributed by atoms with van der Waals surface area (Å²) in [7, 11) is 0. The van der Waals surface area contributed by atoms with Crippen molar-refractivity contribution in [2.24, 2.45) is 0 Å². The maximum Gasteiger partial charge on any atom is 0.327 e. The van der Waals surface area contributed by atoms with Crippen molar-refractivity contribution >= 4 is 23.6 Å². The molecule has 20 heavy (non-hydrogen) atoms. The summed E-state index contributed by atoms with van der Waals surface area (Å²) in [5.41, 5.74) is 0. The Balaban J connectivity index is 2.36. The first kappa shape index (κ1) is 16.5. The Morgan fingerprint density at radius 2 is 2.25 bits per heavy atom. The maximum absolute atomic E-state index is 10.9. The molecule has 1 heterocycles. The number of aromatic nitrogens is 2. The monoisotopic (exact) mass is 301 g/mol. The number of carbonyl (C=O) groups is 2. The van der Waals surface area contributed by atoms with Crippen molar-refractivity contribution in [2.75, 3.05) is 5.75 Å². The highest BCUT2D eigenvalue weighted by atomic mass is 32.2. The van der Waals surface area contributed by atoms with Crippen molar-refractivity contribution in [3.63, 3.8) is 0 Å². The average Bonchev–Trinajstić information content (AvgIpc) is 2.82. The van der Waals surface area contributed by atoms with Gasteiger partial charge in [-0.2, -0.15) is 4.98 Å². The highest BCUT2D eigenvalue weighted by Crippen LogP contribution is 2.12. The minimum Gasteiger partial charge on any atom is -0.480 e. The third kappa shape index (κ3) is 6.05. The lowest BCUT2D eigenvalue weighted by Crippen LogP contribution is -2.41. The number of unbranched alkanes of at least 4 members (excludes halogenated alkanes) is 1. The number of nitrogens with zero attached hydrogens (tertiary/aromatic N) is 2. The number of rotatable bonds is 9. The predicted octanol–water partition coefficient (Wildman–Crippen LogP) is 1.23. The number of hydrogen-bond donors (Lipinski definition) is 2. The van der Waals surface area contributed by atoms with Gasteiger partial charge < -0.3 is 14.9 Å². The molecule has 0 bridgehead atoms. The van der Waals surface area contributed by atoms with E-state index in [1.807, 2.05) is 0 Å². The Hall–Kier alpha value is -1.57. The van der Waals surface area contributed by atoms with Crippen LogP contribution in [-0.4, -0.2) is 38.9 Å². The smallest absolute Gasteiger partial charge is 0.327 e. The van der Waals surface area contributed by atoms with Gasteiger partial charge in [0.1, 0.15) is 6.04 Å². The first-order valence-electron chi connectivity index (χ1n) is 6.42. The molecule has 7 nitrogen and oxygen atoms in total. The number of thioether (sulfide) groups is 1. The number of carbonyl (C=O) groups excluding carboxylic acids is 1. The second-order valence-corrected chi connectivity index (χ2v) is 5.34. The molecular weight excluding hydrogens is 282 g/mol. The zero-order valence-electron chi connectivity index (χ0n) is 11.6. The van der Waals surface area contributed by atoms with Crippen LogP contribution in [0.5, 0.6) is 0 Å². The second-order valence-electron chi connectivity index (χ2n) is 4.31. The number of amides is 1. The Morgan fingerprint density at radius 1 is 1.50 bits per heavy atom. The van der Waals surface area contributed by atoms with Crippen LogP contribution in [0.25, 0.3) is 0 Å². The van der Waals surface area contributed by atoms with Crippen molar-refractivity contribution in [1.29, 1.82) is 0 Å². The topological polar surface area (TPSA) is 105 Å². The lowest BCUT2D eigenvalue weighted by Gasteiger charge is -2.11. The van der Waals surface area contributed by atoms with Crippen LogP contribution in [0, 0.1) is 0 Å². The molecule has 0 spiro atoms. The summed E-state index contributed by atoms with van der Waals surface area (Å²) in [6, 6.07) is -0.903. The van der Waals surface area contributed by atoms with Crippen LogP contribution in [0.2, 0.25) is 0 Å². The molecule has 0 radical (unpaired) electrons. The number of hydrogen-bond acceptors (Lipinski definition) is 6. The van der Waals surface area contributed by atoms with E-state index in [0.717, 1.165) is 19.3 Å². The van der Waals surface area contributed by atoms with Crippen molar-refractivity contribution in [2.45, 2.75) is 44.9 Å². The molecule has 8 heteroatoms. The fourth-order valence-corrected chi connectivity index (χ4v) is 2.34. The second kappa shape index (κ2) is 8.57. The highest BCUT2D eigenvalue weighted by molar-refractivity contribution is 7.98. The third-order valence-electron chi connectivity index (χ3n) is 2.45. The van der Waals surface area contributed by atoms with E-state index in [4.69, 9.17) is 9.63 Å². The van der Waals surface area contributed by atoms with E-state index < -0.39 is 12.0 Å². The number of aliphatic carboxylic acids is 1. The van der Waals surface area contributed by atoms with Crippen LogP contribution < -0.4 is 5.32 Å². The standard InChI is InChI=1S/C12H19N3O4S/c1-3-4-5-10-14-11(19-15-10)7-20-6-9(12(17)18)13-8(2)16/h9H,3-7H2,1-2H3,(H,13,16)(H,17,18)/t9-/m0/s1. The normalized spacial score (nSPS) is 12.1. The van der Waals surface area contributed by atoms with E-state index in [1.54, 1.807) is 0 Å². The van der Waals surface area contributed by atoms with Crippen molar-refractivity contribution in [3.8, 4) is 0 Å². The van der Waals surface area contributed by atoms with Gasteiger partial charge in [-0.05, 0) is 6.42 Å². The highest BCUT2D eigenvalue weighted by Gasteiger charge is 2.18. The molecule has 0 aliphatic carbocycles. The van der Waals surface area contributed by atoms with Crippen LogP contribution in [0.4, 0.5) is 0 Å². The van der Waals surface area contributed by atoms with E-state index in [1.165, 1.54) is 18.7 Å². The Kier molecular flexibility index (Phi) is 7.06. The molecule has 1 amide bonds. The van der Waals surface area contributed by atoms with Gasteiger partial charge in [0.15, 0.2) is 5.82 Å². The fourth-order valence-electron chi connectivity index (χ4n) is 1.47. The molecule has 0 fully saturated rings. The lowest BCUT2D eigenvalue weighted by atomic mass is 10.2. The minimum absolute atomic E-state index is 0.252. The summed E-state index contributed by atoms with van der Waals surface area (Å²) in [5.74, 6) is 0.427. The fraction of sp³-hybridized carbons (Fsp3) is 0.667. The quantitative estimate of drug-likeness (QED) is 0.706. The molecule has 112 valence electrons. The summed E-state index contributed by atoms with van der Waals surface area (Å²) in [6.45, 7) is 3.38. The molecule has 0 saturated heterocycles. The van der Waals surface area contributed by atoms with Gasteiger partial charge in [0.2, 0.25) is 11.8 Å². The van der Waals surface area contributed by atoms with Crippen LogP contribution >= 0.6 is 11.8 Å². The largest absolute Gasteiger partial charge is 0.480 e. The Morgan fingerprint density at radius 3 is 2.85 bits per heavy atom. The van der Waals surface area contributed by atoms with Crippen LogP contribution in [0.3, 0.4) is 0 Å². The van der Waals surface area contributed by atoms with E-state index in [0.29, 0.717) is 17.5 Å². The van der Waals surface area contributed by atoms with E-state index in [9.17, 15) is 9.59 Å². The zero-order valence-corrected chi connectivity index (χ0v) is 12.4. The predicted molar refractivity (Wildman–Crippen MR) is 74.3 cm³/mol. The van der Waals surface area contributed by atoms with E-state index >= 15 is 0 Å². The molecular formula is C12H19N3O4S. The van der Waals surface area contributed by atoms with Crippen LogP contribution in [0.15, 0.2) is 4.52 Å². The molecule has 0 aliphatic rings. The number of aryl methyl sites for hydroxylation is 1. The van der Waals surface area contributed by atoms with Gasteiger partial charge in [0.05, 0.1) is 5.75 Å². The van der Waals surface area contributed by atoms with Crippen LogP contribution in [0.1, 0.15) is 38.4 Å². The molecule has 1 atom stereocenters. The molecule has 1 rings (SSSR count). The number of carboxylic acid groups (broad SMARTS) is 1.